The molecule has 0 unspecified atom stereocenters. The first-order valence-corrected chi connectivity index (χ1v) is 10.2. The smallest absolute Gasteiger partial charge is 0.433 e. The molecule has 32 heavy (non-hydrogen) atoms. The van der Waals surface area contributed by atoms with Gasteiger partial charge in [-0.15, -0.1) is 0 Å². The zero-order valence-corrected chi connectivity index (χ0v) is 17.3. The van der Waals surface area contributed by atoms with Crippen LogP contribution in [0.4, 0.5) is 18.9 Å². The number of rotatable bonds is 4. The van der Waals surface area contributed by atoms with Crippen molar-refractivity contribution in [1.82, 2.24) is 14.4 Å². The Morgan fingerprint density at radius 3 is 2.56 bits per heavy atom. The van der Waals surface area contributed by atoms with Gasteiger partial charge in [0.1, 0.15) is 17.0 Å². The van der Waals surface area contributed by atoms with Crippen LogP contribution in [0.1, 0.15) is 70.3 Å². The highest BCUT2D eigenvalue weighted by Crippen LogP contribution is 2.33. The molecule has 1 aliphatic carbocycles. The third-order valence-corrected chi connectivity index (χ3v) is 5.56. The topological polar surface area (TPSA) is 85.6 Å². The average molecular weight is 446 g/mol. The quantitative estimate of drug-likeness (QED) is 0.580. The zero-order chi connectivity index (χ0) is 22.9. The molecule has 0 saturated heterocycles. The highest BCUT2D eigenvalue weighted by atomic mass is 19.4. The van der Waals surface area contributed by atoms with Gasteiger partial charge in [-0.1, -0.05) is 25.3 Å². The SMILES string of the molecule is COC(=O)c1cc2nc(C3CCCCC3)cn2cc1NC(=O)c1cccc(C(F)(F)F)n1. The van der Waals surface area contributed by atoms with Crippen LogP contribution in [0, 0.1) is 0 Å². The van der Waals surface area contributed by atoms with E-state index < -0.39 is 29.4 Å². The van der Waals surface area contributed by atoms with E-state index in [4.69, 9.17) is 4.74 Å². The number of fused-ring (bicyclic) bond motifs is 1. The van der Waals surface area contributed by atoms with Gasteiger partial charge in [-0.2, -0.15) is 13.2 Å². The third-order valence-electron chi connectivity index (χ3n) is 5.56. The number of nitrogens with one attached hydrogen (secondary N) is 1. The predicted octanol–water partition coefficient (Wildman–Crippen LogP) is 4.83. The van der Waals surface area contributed by atoms with E-state index in [2.05, 4.69) is 15.3 Å². The average Bonchev–Trinajstić information content (AvgIpc) is 3.21. The maximum atomic E-state index is 12.9. The molecule has 0 atom stereocenters. The Morgan fingerprint density at radius 1 is 1.12 bits per heavy atom. The number of carbonyl (C=O) groups excluding carboxylic acids is 2. The van der Waals surface area contributed by atoms with E-state index >= 15 is 0 Å². The number of carbonyl (C=O) groups is 2. The van der Waals surface area contributed by atoms with E-state index in [1.165, 1.54) is 31.9 Å². The molecule has 7 nitrogen and oxygen atoms in total. The third kappa shape index (κ3) is 4.44. The molecule has 1 aliphatic rings. The van der Waals surface area contributed by atoms with Gasteiger partial charge in [-0.3, -0.25) is 4.79 Å². The van der Waals surface area contributed by atoms with E-state index in [0.717, 1.165) is 43.5 Å². The van der Waals surface area contributed by atoms with Crippen LogP contribution in [0.25, 0.3) is 5.65 Å². The van der Waals surface area contributed by atoms with Crippen LogP contribution >= 0.6 is 0 Å². The molecule has 1 fully saturated rings. The van der Waals surface area contributed by atoms with Crippen molar-refractivity contribution in [3.8, 4) is 0 Å². The van der Waals surface area contributed by atoms with Crippen molar-refractivity contribution in [2.24, 2.45) is 0 Å². The van der Waals surface area contributed by atoms with E-state index in [1.807, 2.05) is 6.20 Å². The molecule has 168 valence electrons. The first kappa shape index (κ1) is 21.8. The molecular weight excluding hydrogens is 425 g/mol. The van der Waals surface area contributed by atoms with Gasteiger partial charge in [-0.25, -0.2) is 14.8 Å². The van der Waals surface area contributed by atoms with Gasteiger partial charge in [0.2, 0.25) is 0 Å². The Labute approximate surface area is 181 Å². The van der Waals surface area contributed by atoms with Crippen molar-refractivity contribution in [2.45, 2.75) is 44.2 Å². The molecule has 1 saturated carbocycles. The minimum absolute atomic E-state index is 0.0427. The van der Waals surface area contributed by atoms with Crippen molar-refractivity contribution in [3.05, 3.63) is 59.3 Å². The van der Waals surface area contributed by atoms with Gasteiger partial charge in [0.05, 0.1) is 24.1 Å². The highest BCUT2D eigenvalue weighted by molar-refractivity contribution is 6.07. The minimum Gasteiger partial charge on any atom is -0.465 e. The summed E-state index contributed by atoms with van der Waals surface area (Å²) in [7, 11) is 1.20. The van der Waals surface area contributed by atoms with Crippen molar-refractivity contribution >= 4 is 23.2 Å². The molecule has 0 bridgehead atoms. The number of hydrogen-bond donors (Lipinski definition) is 1. The second-order valence-corrected chi connectivity index (χ2v) is 7.72. The summed E-state index contributed by atoms with van der Waals surface area (Å²) in [6.07, 6.45) is 4.23. The lowest BCUT2D eigenvalue weighted by Gasteiger charge is -2.19. The minimum atomic E-state index is -4.68. The Hall–Kier alpha value is -3.43. The monoisotopic (exact) mass is 446 g/mol. The van der Waals surface area contributed by atoms with Crippen LogP contribution < -0.4 is 5.32 Å². The molecule has 0 aliphatic heterocycles. The molecule has 3 aromatic rings. The Bertz CT molecular complexity index is 1170. The summed E-state index contributed by atoms with van der Waals surface area (Å²) in [6, 6.07) is 4.54. The summed E-state index contributed by atoms with van der Waals surface area (Å²) in [6.45, 7) is 0. The lowest BCUT2D eigenvalue weighted by molar-refractivity contribution is -0.141. The highest BCUT2D eigenvalue weighted by Gasteiger charge is 2.33. The number of esters is 1. The van der Waals surface area contributed by atoms with Gasteiger partial charge in [0, 0.05) is 18.3 Å². The molecule has 1 N–H and O–H groups in total. The number of aromatic nitrogens is 3. The fourth-order valence-corrected chi connectivity index (χ4v) is 3.93. The van der Waals surface area contributed by atoms with Crippen LogP contribution in [0.15, 0.2) is 36.7 Å². The largest absolute Gasteiger partial charge is 0.465 e. The van der Waals surface area contributed by atoms with Crippen LogP contribution in [-0.2, 0) is 10.9 Å². The van der Waals surface area contributed by atoms with Crippen molar-refractivity contribution in [2.75, 3.05) is 12.4 Å². The van der Waals surface area contributed by atoms with Gasteiger partial charge in [0.15, 0.2) is 0 Å². The molecule has 0 spiro atoms. The van der Waals surface area contributed by atoms with Crippen LogP contribution in [0.2, 0.25) is 0 Å². The Balaban J connectivity index is 1.68. The number of hydrogen-bond acceptors (Lipinski definition) is 5. The molecular formula is C22H21F3N4O3. The van der Waals surface area contributed by atoms with E-state index in [1.54, 1.807) is 4.40 Å². The number of anilines is 1. The van der Waals surface area contributed by atoms with Gasteiger partial charge in [-0.05, 0) is 31.0 Å². The molecule has 0 radical (unpaired) electrons. The van der Waals surface area contributed by atoms with Gasteiger partial charge in [0.25, 0.3) is 5.91 Å². The molecule has 0 aromatic carbocycles. The fourth-order valence-electron chi connectivity index (χ4n) is 3.93. The summed E-state index contributed by atoms with van der Waals surface area (Å²) in [5.41, 5.74) is -0.0585. The number of halogens is 3. The lowest BCUT2D eigenvalue weighted by atomic mass is 9.87. The maximum absolute atomic E-state index is 12.9. The number of nitrogens with zero attached hydrogens (tertiary/aromatic N) is 3. The molecule has 4 rings (SSSR count). The van der Waals surface area contributed by atoms with Gasteiger partial charge < -0.3 is 14.5 Å². The van der Waals surface area contributed by atoms with E-state index in [9.17, 15) is 22.8 Å². The Morgan fingerprint density at radius 2 is 1.88 bits per heavy atom. The lowest BCUT2D eigenvalue weighted by Crippen LogP contribution is -2.19. The maximum Gasteiger partial charge on any atom is 0.433 e. The number of pyridine rings is 2. The van der Waals surface area contributed by atoms with Crippen molar-refractivity contribution in [3.63, 3.8) is 0 Å². The predicted molar refractivity (Wildman–Crippen MR) is 110 cm³/mol. The number of alkyl halides is 3. The molecule has 3 heterocycles. The normalized spacial score (nSPS) is 15.0. The zero-order valence-electron chi connectivity index (χ0n) is 17.3. The number of imidazole rings is 1. The summed E-state index contributed by atoms with van der Waals surface area (Å²) >= 11 is 0. The van der Waals surface area contributed by atoms with Crippen molar-refractivity contribution in [1.29, 1.82) is 0 Å². The second kappa shape index (κ2) is 8.60. The summed E-state index contributed by atoms with van der Waals surface area (Å²) in [5.74, 6) is -1.26. The van der Waals surface area contributed by atoms with Crippen LogP contribution in [0.5, 0.6) is 0 Å². The molecule has 1 amide bonds. The first-order chi connectivity index (χ1) is 15.3. The van der Waals surface area contributed by atoms with Crippen molar-refractivity contribution < 1.29 is 27.5 Å². The number of amides is 1. The number of ether oxygens (including phenoxy) is 1. The second-order valence-electron chi connectivity index (χ2n) is 7.72. The molecule has 10 heteroatoms. The molecule has 3 aromatic heterocycles. The first-order valence-electron chi connectivity index (χ1n) is 10.2. The van der Waals surface area contributed by atoms with E-state index in [0.29, 0.717) is 11.6 Å². The summed E-state index contributed by atoms with van der Waals surface area (Å²) in [5, 5.41) is 2.48. The summed E-state index contributed by atoms with van der Waals surface area (Å²) in [4.78, 5) is 33.0. The standard InChI is InChI=1S/C22H21F3N4O3/c1-32-21(31)14-10-19-27-16(13-6-3-2-4-7-13)11-29(19)12-17(14)28-20(30)15-8-5-9-18(26-15)22(23,24)25/h5,8-13H,2-4,6-7H2,1H3,(H,28,30). The van der Waals surface area contributed by atoms with E-state index in [-0.39, 0.29) is 11.3 Å². The van der Waals surface area contributed by atoms with Gasteiger partial charge >= 0.3 is 12.1 Å². The number of methoxy groups -OCH3 is 1. The Kier molecular flexibility index (Phi) is 5.86. The fraction of sp³-hybridized carbons (Fsp3) is 0.364. The van der Waals surface area contributed by atoms with Crippen LogP contribution in [0.3, 0.4) is 0 Å². The van der Waals surface area contributed by atoms with Crippen LogP contribution in [-0.4, -0.2) is 33.4 Å². The summed E-state index contributed by atoms with van der Waals surface area (Å²) < 4.78 is 45.3.